The predicted molar refractivity (Wildman–Crippen MR) is 120 cm³/mol. The molecule has 0 radical (unpaired) electrons. The van der Waals surface area contributed by atoms with Gasteiger partial charge in [0.05, 0.1) is 11.5 Å². The van der Waals surface area contributed by atoms with E-state index in [-0.39, 0.29) is 11.7 Å². The largest absolute Gasteiger partial charge is 0.506 e. The summed E-state index contributed by atoms with van der Waals surface area (Å²) in [5.41, 5.74) is 2.28. The number of phenols is 1. The molecule has 1 aliphatic rings. The van der Waals surface area contributed by atoms with E-state index in [2.05, 4.69) is 18.5 Å². The second kappa shape index (κ2) is 9.47. The normalized spacial score (nSPS) is 16.6. The molecule has 0 aliphatic carbocycles. The molecule has 1 N–H and O–H groups in total. The first-order chi connectivity index (χ1) is 14.0. The van der Waals surface area contributed by atoms with Crippen LogP contribution in [0.3, 0.4) is 0 Å². The molecule has 0 bridgehead atoms. The number of aryl methyl sites for hydroxylation is 1. The topological polar surface area (TPSA) is 62.1 Å². The summed E-state index contributed by atoms with van der Waals surface area (Å²) in [5.74, 6) is 0.764. The smallest absolute Gasteiger partial charge is 0.267 e. The zero-order valence-corrected chi connectivity index (χ0v) is 17.4. The molecule has 2 aromatic carbocycles. The van der Waals surface area contributed by atoms with E-state index in [9.17, 15) is 9.90 Å². The minimum Gasteiger partial charge on any atom is -0.506 e. The van der Waals surface area contributed by atoms with Gasteiger partial charge in [-0.05, 0) is 66.6 Å². The van der Waals surface area contributed by atoms with Crippen molar-refractivity contribution < 1.29 is 14.6 Å². The molecule has 0 aromatic heterocycles. The van der Waals surface area contributed by atoms with Gasteiger partial charge in [-0.3, -0.25) is 9.69 Å². The van der Waals surface area contributed by atoms with Crippen LogP contribution in [0.1, 0.15) is 24.5 Å². The van der Waals surface area contributed by atoms with Crippen molar-refractivity contribution in [2.75, 3.05) is 13.2 Å². The molecular formula is C23H24N2O3S. The van der Waals surface area contributed by atoms with Gasteiger partial charge >= 0.3 is 0 Å². The van der Waals surface area contributed by atoms with Crippen LogP contribution in [-0.2, 0) is 4.79 Å². The van der Waals surface area contributed by atoms with Crippen molar-refractivity contribution in [3.63, 3.8) is 0 Å². The van der Waals surface area contributed by atoms with Gasteiger partial charge < -0.3 is 9.84 Å². The molecule has 1 fully saturated rings. The van der Waals surface area contributed by atoms with Crippen molar-refractivity contribution in [1.29, 1.82) is 0 Å². The Morgan fingerprint density at radius 2 is 2.00 bits per heavy atom. The number of rotatable bonds is 7. The van der Waals surface area contributed by atoms with Gasteiger partial charge in [-0.15, -0.1) is 6.58 Å². The van der Waals surface area contributed by atoms with Crippen molar-refractivity contribution in [3.05, 3.63) is 71.2 Å². The van der Waals surface area contributed by atoms with Gasteiger partial charge in [0.1, 0.15) is 17.2 Å². The number of hydrogen-bond acceptors (Lipinski definition) is 5. The molecular weight excluding hydrogens is 384 g/mol. The van der Waals surface area contributed by atoms with Crippen LogP contribution >= 0.6 is 11.8 Å². The van der Waals surface area contributed by atoms with Crippen LogP contribution in [0.25, 0.3) is 6.08 Å². The monoisotopic (exact) mass is 408 g/mol. The molecule has 0 spiro atoms. The number of nitrogens with zero attached hydrogens (tertiary/aromatic N) is 2. The lowest BCUT2D eigenvalue weighted by Crippen LogP contribution is -2.29. The lowest BCUT2D eigenvalue weighted by molar-refractivity contribution is -0.121. The fourth-order valence-corrected chi connectivity index (χ4v) is 3.74. The van der Waals surface area contributed by atoms with Crippen LogP contribution in [0.15, 0.2) is 65.0 Å². The van der Waals surface area contributed by atoms with Gasteiger partial charge in [0.15, 0.2) is 5.17 Å². The lowest BCUT2D eigenvalue weighted by atomic mass is 10.2. The first-order valence-corrected chi connectivity index (χ1v) is 10.3. The van der Waals surface area contributed by atoms with Gasteiger partial charge in [-0.25, -0.2) is 4.99 Å². The van der Waals surface area contributed by atoms with E-state index >= 15 is 0 Å². The molecule has 29 heavy (non-hydrogen) atoms. The third-order valence-electron chi connectivity index (χ3n) is 4.20. The SMILES string of the molecule is C=CCN1C(=O)/C(=C/c2ccc(OCCC)cc2)SC1=Nc1ccc(C)cc1O. The molecule has 0 unspecified atom stereocenters. The van der Waals surface area contributed by atoms with Crippen molar-refractivity contribution >= 4 is 34.6 Å². The Kier molecular flexibility index (Phi) is 6.77. The Morgan fingerprint density at radius 3 is 2.66 bits per heavy atom. The van der Waals surface area contributed by atoms with E-state index in [1.165, 1.54) is 11.8 Å². The van der Waals surface area contributed by atoms with Gasteiger partial charge in [-0.1, -0.05) is 31.2 Å². The number of carbonyl (C=O) groups excluding carboxylic acids is 1. The third-order valence-corrected chi connectivity index (χ3v) is 5.20. The maximum atomic E-state index is 12.9. The molecule has 1 aliphatic heterocycles. The van der Waals surface area contributed by atoms with E-state index in [0.29, 0.717) is 28.9 Å². The summed E-state index contributed by atoms with van der Waals surface area (Å²) in [5, 5.41) is 10.7. The lowest BCUT2D eigenvalue weighted by Gasteiger charge is -2.13. The summed E-state index contributed by atoms with van der Waals surface area (Å²) >= 11 is 1.28. The van der Waals surface area contributed by atoms with Crippen molar-refractivity contribution in [2.24, 2.45) is 4.99 Å². The third kappa shape index (κ3) is 5.09. The maximum Gasteiger partial charge on any atom is 0.267 e. The second-order valence-corrected chi connectivity index (χ2v) is 7.63. The van der Waals surface area contributed by atoms with E-state index in [1.54, 1.807) is 23.1 Å². The van der Waals surface area contributed by atoms with Crippen molar-refractivity contribution in [1.82, 2.24) is 4.90 Å². The first-order valence-electron chi connectivity index (χ1n) is 9.45. The number of amides is 1. The fourth-order valence-electron chi connectivity index (χ4n) is 2.74. The summed E-state index contributed by atoms with van der Waals surface area (Å²) in [6.07, 6.45) is 4.45. The average molecular weight is 409 g/mol. The van der Waals surface area contributed by atoms with Crippen LogP contribution < -0.4 is 4.74 Å². The molecule has 1 heterocycles. The average Bonchev–Trinajstić information content (AvgIpc) is 2.99. The Labute approximate surface area is 175 Å². The highest BCUT2D eigenvalue weighted by molar-refractivity contribution is 8.18. The number of thioether (sulfide) groups is 1. The van der Waals surface area contributed by atoms with Crippen LogP contribution in [0, 0.1) is 6.92 Å². The molecule has 150 valence electrons. The van der Waals surface area contributed by atoms with Gasteiger partial charge in [0.2, 0.25) is 0 Å². The molecule has 0 saturated carbocycles. The quantitative estimate of drug-likeness (QED) is 0.500. The van der Waals surface area contributed by atoms with E-state index in [4.69, 9.17) is 4.74 Å². The molecule has 5 nitrogen and oxygen atoms in total. The van der Waals surface area contributed by atoms with Gasteiger partial charge in [0, 0.05) is 6.54 Å². The summed E-state index contributed by atoms with van der Waals surface area (Å²) in [6.45, 7) is 8.71. The minimum absolute atomic E-state index is 0.0872. The Hall–Kier alpha value is -2.99. The second-order valence-electron chi connectivity index (χ2n) is 6.62. The highest BCUT2D eigenvalue weighted by atomic mass is 32.2. The molecule has 1 amide bonds. The summed E-state index contributed by atoms with van der Waals surface area (Å²) in [7, 11) is 0. The van der Waals surface area contributed by atoms with Gasteiger partial charge in [-0.2, -0.15) is 0 Å². The molecule has 3 rings (SSSR count). The number of aromatic hydroxyl groups is 1. The number of ether oxygens (including phenoxy) is 1. The zero-order chi connectivity index (χ0) is 20.8. The molecule has 2 aromatic rings. The highest BCUT2D eigenvalue weighted by Gasteiger charge is 2.32. The first kappa shape index (κ1) is 20.7. The summed E-state index contributed by atoms with van der Waals surface area (Å²) in [4.78, 5) is 19.5. The van der Waals surface area contributed by atoms with Crippen molar-refractivity contribution in [2.45, 2.75) is 20.3 Å². The number of phenolic OH excluding ortho intramolecular Hbond substituents is 1. The van der Waals surface area contributed by atoms with Crippen LogP contribution in [0.5, 0.6) is 11.5 Å². The summed E-state index contributed by atoms with van der Waals surface area (Å²) < 4.78 is 5.60. The van der Waals surface area contributed by atoms with E-state index in [0.717, 1.165) is 23.3 Å². The fraction of sp³-hybridized carbons (Fsp3) is 0.217. The number of aliphatic imine (C=N–C) groups is 1. The number of hydrogen-bond donors (Lipinski definition) is 1. The highest BCUT2D eigenvalue weighted by Crippen LogP contribution is 2.36. The standard InChI is InChI=1S/C23H24N2O3S/c1-4-12-25-22(27)21(15-17-7-9-18(10-8-17)28-13-5-2)29-23(25)24-19-11-6-16(3)14-20(19)26/h4,6-11,14-15,26H,1,5,12-13H2,2-3H3/b21-15-,24-23?. The van der Waals surface area contributed by atoms with E-state index in [1.807, 2.05) is 43.3 Å². The van der Waals surface area contributed by atoms with Crippen LogP contribution in [0.2, 0.25) is 0 Å². The van der Waals surface area contributed by atoms with E-state index < -0.39 is 0 Å². The van der Waals surface area contributed by atoms with Crippen LogP contribution in [-0.4, -0.2) is 34.2 Å². The number of amidine groups is 1. The number of carbonyl (C=O) groups is 1. The van der Waals surface area contributed by atoms with Crippen LogP contribution in [0.4, 0.5) is 5.69 Å². The maximum absolute atomic E-state index is 12.9. The molecule has 0 atom stereocenters. The number of benzene rings is 2. The van der Waals surface area contributed by atoms with Gasteiger partial charge in [0.25, 0.3) is 5.91 Å². The van der Waals surface area contributed by atoms with Crippen molar-refractivity contribution in [3.8, 4) is 11.5 Å². The molecule has 6 heteroatoms. The summed E-state index contributed by atoms with van der Waals surface area (Å²) in [6, 6.07) is 12.9. The Bertz CT molecular complexity index is 965. The zero-order valence-electron chi connectivity index (χ0n) is 16.6. The minimum atomic E-state index is -0.133. The predicted octanol–water partition coefficient (Wildman–Crippen LogP) is 5.28. The Balaban J connectivity index is 1.87. The Morgan fingerprint density at radius 1 is 1.24 bits per heavy atom. The molecule has 1 saturated heterocycles.